The van der Waals surface area contributed by atoms with E-state index in [-0.39, 0.29) is 5.41 Å². The number of fused-ring (bicyclic) bond motifs is 9. The van der Waals surface area contributed by atoms with Gasteiger partial charge in [-0.2, -0.15) is 0 Å². The Morgan fingerprint density at radius 1 is 0.475 bits per heavy atom. The van der Waals surface area contributed by atoms with E-state index in [0.717, 1.165) is 24.2 Å². The van der Waals surface area contributed by atoms with Crippen molar-refractivity contribution in [2.45, 2.75) is 32.1 Å². The van der Waals surface area contributed by atoms with E-state index in [4.69, 9.17) is 0 Å². The maximum absolute atomic E-state index is 2.51. The van der Waals surface area contributed by atoms with Gasteiger partial charge in [-0.1, -0.05) is 159 Å². The molecule has 2 nitrogen and oxygen atoms in total. The molecule has 0 spiro atoms. The molecular formula is C59H44N2. The van der Waals surface area contributed by atoms with Crippen molar-refractivity contribution in [1.29, 1.82) is 0 Å². The molecule has 2 heteroatoms. The molecule has 2 aliphatic rings. The van der Waals surface area contributed by atoms with Crippen molar-refractivity contribution in [2.24, 2.45) is 0 Å². The van der Waals surface area contributed by atoms with E-state index in [1.54, 1.807) is 0 Å². The molecule has 12 rings (SSSR count). The first-order valence-corrected chi connectivity index (χ1v) is 21.6. The summed E-state index contributed by atoms with van der Waals surface area (Å²) in [5.41, 5.74) is 20.0. The highest BCUT2D eigenvalue weighted by atomic mass is 15.1. The zero-order valence-corrected chi connectivity index (χ0v) is 34.4. The van der Waals surface area contributed by atoms with E-state index < -0.39 is 0 Å². The number of para-hydroxylation sites is 2. The van der Waals surface area contributed by atoms with Gasteiger partial charge in [0.05, 0.1) is 16.7 Å². The fraction of sp³-hybridized carbons (Fsp3) is 0.0847. The molecule has 0 N–H and O–H groups in total. The maximum atomic E-state index is 2.51. The van der Waals surface area contributed by atoms with Crippen LogP contribution in [0.4, 0.5) is 17.1 Å². The van der Waals surface area contributed by atoms with Crippen LogP contribution in [0.3, 0.4) is 0 Å². The standard InChI is InChI=1S/C59H44N2/c1-59(2)53-23-13-11-21-48(53)49-33-31-45(38-54(49)59)60(44-29-25-40(26-30-44)39-15-5-3-6-16-39)57-36-34-46(51-32-27-41-17-9-10-20-47(41)58(51)57)42-28-35-56-52(37-42)50-22-12-14-24-55(50)61(56)43-18-7-4-8-19-43/h3-8,10-16,18-38H,9,17H2,1-2H3. The first-order valence-electron chi connectivity index (χ1n) is 21.6. The van der Waals surface area contributed by atoms with E-state index in [1.807, 2.05) is 0 Å². The Kier molecular flexibility index (Phi) is 8.05. The summed E-state index contributed by atoms with van der Waals surface area (Å²) in [6.07, 6.45) is 6.83. The second-order valence-electron chi connectivity index (χ2n) is 17.2. The van der Waals surface area contributed by atoms with Gasteiger partial charge in [0.15, 0.2) is 0 Å². The molecule has 61 heavy (non-hydrogen) atoms. The summed E-state index contributed by atoms with van der Waals surface area (Å²) in [6, 6.07) is 72.1. The van der Waals surface area contributed by atoms with E-state index in [0.29, 0.717) is 0 Å². The number of benzene rings is 9. The number of aromatic nitrogens is 1. The van der Waals surface area contributed by atoms with E-state index in [2.05, 4.69) is 230 Å². The van der Waals surface area contributed by atoms with Gasteiger partial charge in [0.1, 0.15) is 0 Å². The SMILES string of the molecule is CC1(C)c2ccccc2-c2ccc(N(c3ccc(-c4ccccc4)cc3)c3ccc(-c4ccc5c(c4)c4ccccc4n5-c4ccccc4)c4ccc5c(c34)C=CCC5)cc21. The quantitative estimate of drug-likeness (QED) is 0.163. The average molecular weight is 781 g/mol. The summed E-state index contributed by atoms with van der Waals surface area (Å²) >= 11 is 0. The molecule has 0 bridgehead atoms. The molecule has 290 valence electrons. The highest BCUT2D eigenvalue weighted by Crippen LogP contribution is 2.52. The van der Waals surface area contributed by atoms with Crippen LogP contribution in [0.1, 0.15) is 42.5 Å². The fourth-order valence-corrected chi connectivity index (χ4v) is 10.5. The molecule has 9 aromatic carbocycles. The highest BCUT2D eigenvalue weighted by molar-refractivity contribution is 6.14. The van der Waals surface area contributed by atoms with Crippen molar-refractivity contribution < 1.29 is 0 Å². The predicted octanol–water partition coefficient (Wildman–Crippen LogP) is 16.0. The zero-order chi connectivity index (χ0) is 40.7. The van der Waals surface area contributed by atoms with Gasteiger partial charge in [0.25, 0.3) is 0 Å². The van der Waals surface area contributed by atoms with Gasteiger partial charge in [-0.25, -0.2) is 0 Å². The number of hydrogen-bond acceptors (Lipinski definition) is 1. The predicted molar refractivity (Wildman–Crippen MR) is 259 cm³/mol. The van der Waals surface area contributed by atoms with Crippen LogP contribution in [0.25, 0.3) is 77.7 Å². The van der Waals surface area contributed by atoms with Crippen LogP contribution in [-0.4, -0.2) is 4.57 Å². The molecule has 1 aromatic heterocycles. The van der Waals surface area contributed by atoms with E-state index >= 15 is 0 Å². The van der Waals surface area contributed by atoms with Crippen LogP contribution in [0, 0.1) is 0 Å². The number of rotatable bonds is 6. The van der Waals surface area contributed by atoms with Crippen LogP contribution >= 0.6 is 0 Å². The smallest absolute Gasteiger partial charge is 0.0546 e. The molecule has 0 amide bonds. The Morgan fingerprint density at radius 3 is 2.00 bits per heavy atom. The first-order chi connectivity index (χ1) is 30.0. The minimum atomic E-state index is -0.124. The zero-order valence-electron chi connectivity index (χ0n) is 34.4. The molecule has 0 radical (unpaired) electrons. The Hall–Kier alpha value is -7.42. The Bertz CT molecular complexity index is 3370. The van der Waals surface area contributed by atoms with Crippen LogP contribution in [-0.2, 0) is 11.8 Å². The van der Waals surface area contributed by atoms with E-state index in [1.165, 1.54) is 99.6 Å². The second-order valence-corrected chi connectivity index (χ2v) is 17.2. The molecule has 0 saturated heterocycles. The summed E-state index contributed by atoms with van der Waals surface area (Å²) in [7, 11) is 0. The molecule has 1 heterocycles. The van der Waals surface area contributed by atoms with Crippen molar-refractivity contribution in [3.8, 4) is 39.1 Å². The monoisotopic (exact) mass is 780 g/mol. The number of anilines is 3. The molecule has 2 aliphatic carbocycles. The molecule has 0 aliphatic heterocycles. The fourth-order valence-electron chi connectivity index (χ4n) is 10.5. The van der Waals surface area contributed by atoms with Gasteiger partial charge in [0, 0.05) is 38.6 Å². The van der Waals surface area contributed by atoms with Gasteiger partial charge >= 0.3 is 0 Å². The number of hydrogen-bond donors (Lipinski definition) is 0. The van der Waals surface area contributed by atoms with Crippen molar-refractivity contribution in [3.05, 3.63) is 222 Å². The van der Waals surface area contributed by atoms with Crippen LogP contribution in [0.15, 0.2) is 200 Å². The highest BCUT2D eigenvalue weighted by Gasteiger charge is 2.36. The lowest BCUT2D eigenvalue weighted by molar-refractivity contribution is 0.660. The topological polar surface area (TPSA) is 8.17 Å². The summed E-state index contributed by atoms with van der Waals surface area (Å²) in [5, 5.41) is 5.06. The lowest BCUT2D eigenvalue weighted by Gasteiger charge is -2.30. The molecule has 0 fully saturated rings. The molecular weight excluding hydrogens is 737 g/mol. The Balaban J connectivity index is 1.09. The largest absolute Gasteiger partial charge is 0.310 e. The summed E-state index contributed by atoms with van der Waals surface area (Å²) in [4.78, 5) is 2.51. The third-order valence-corrected chi connectivity index (χ3v) is 13.5. The Labute approximate surface area is 357 Å². The average Bonchev–Trinajstić information content (AvgIpc) is 3.77. The maximum Gasteiger partial charge on any atom is 0.0546 e. The number of nitrogens with zero attached hydrogens (tertiary/aromatic N) is 2. The van der Waals surface area contributed by atoms with Gasteiger partial charge in [-0.05, 0) is 135 Å². The summed E-state index contributed by atoms with van der Waals surface area (Å²) in [6.45, 7) is 4.75. The van der Waals surface area contributed by atoms with Gasteiger partial charge in [-0.15, -0.1) is 0 Å². The molecule has 0 atom stereocenters. The number of aryl methyl sites for hydroxylation is 1. The normalized spacial score (nSPS) is 13.7. The molecule has 10 aromatic rings. The van der Waals surface area contributed by atoms with Crippen molar-refractivity contribution >= 4 is 55.7 Å². The first kappa shape index (κ1) is 35.5. The van der Waals surface area contributed by atoms with E-state index in [9.17, 15) is 0 Å². The minimum Gasteiger partial charge on any atom is -0.310 e. The summed E-state index contributed by atoms with van der Waals surface area (Å²) in [5.74, 6) is 0. The molecule has 0 unspecified atom stereocenters. The van der Waals surface area contributed by atoms with Crippen LogP contribution in [0.5, 0.6) is 0 Å². The third-order valence-electron chi connectivity index (χ3n) is 13.5. The molecule has 0 saturated carbocycles. The van der Waals surface area contributed by atoms with Crippen molar-refractivity contribution in [1.82, 2.24) is 4.57 Å². The van der Waals surface area contributed by atoms with Crippen LogP contribution < -0.4 is 4.90 Å². The van der Waals surface area contributed by atoms with Crippen molar-refractivity contribution in [2.75, 3.05) is 4.90 Å². The van der Waals surface area contributed by atoms with Gasteiger partial charge in [-0.3, -0.25) is 0 Å². The Morgan fingerprint density at radius 2 is 1.15 bits per heavy atom. The lowest BCUT2D eigenvalue weighted by atomic mass is 9.82. The van der Waals surface area contributed by atoms with Crippen molar-refractivity contribution in [3.63, 3.8) is 0 Å². The minimum absolute atomic E-state index is 0.124. The lowest BCUT2D eigenvalue weighted by Crippen LogP contribution is -2.17. The summed E-state index contributed by atoms with van der Waals surface area (Å²) < 4.78 is 2.40. The van der Waals surface area contributed by atoms with Crippen LogP contribution in [0.2, 0.25) is 0 Å². The van der Waals surface area contributed by atoms with Gasteiger partial charge < -0.3 is 9.47 Å². The second kappa shape index (κ2) is 13.8. The third kappa shape index (κ3) is 5.56. The number of allylic oxidation sites excluding steroid dienone is 1. The van der Waals surface area contributed by atoms with Gasteiger partial charge in [0.2, 0.25) is 0 Å².